The summed E-state index contributed by atoms with van der Waals surface area (Å²) in [6.45, 7) is 1.70. The molecule has 0 radical (unpaired) electrons. The van der Waals surface area contributed by atoms with Crippen LogP contribution in [0.1, 0.15) is 48.0 Å². The zero-order chi connectivity index (χ0) is 22.9. The van der Waals surface area contributed by atoms with Crippen molar-refractivity contribution in [1.82, 2.24) is 10.2 Å². The smallest absolute Gasteiger partial charge is 0.254 e. The molecule has 2 aromatic rings. The third-order valence-electron chi connectivity index (χ3n) is 5.65. The van der Waals surface area contributed by atoms with Crippen molar-refractivity contribution in [3.05, 3.63) is 59.7 Å². The fraction of sp³-hybridized carbons (Fsp3) is 0.400. The number of amides is 3. The summed E-state index contributed by atoms with van der Waals surface area (Å²) in [6, 6.07) is 14.4. The third-order valence-corrected chi connectivity index (χ3v) is 5.65. The Balaban J connectivity index is 1.62. The lowest BCUT2D eigenvalue weighted by molar-refractivity contribution is -0.125. The number of nitrogens with one attached hydrogen (secondary N) is 2. The first-order valence-corrected chi connectivity index (χ1v) is 11.0. The van der Waals surface area contributed by atoms with E-state index in [1.54, 1.807) is 42.3 Å². The second-order valence-electron chi connectivity index (χ2n) is 8.15. The Kier molecular flexibility index (Phi) is 8.25. The Labute approximate surface area is 189 Å². The summed E-state index contributed by atoms with van der Waals surface area (Å²) in [7, 11) is 1.55. The van der Waals surface area contributed by atoms with Crippen molar-refractivity contribution in [3.63, 3.8) is 0 Å². The highest BCUT2D eigenvalue weighted by atomic mass is 16.5. The largest absolute Gasteiger partial charge is 0.497 e. The molecule has 0 heterocycles. The second-order valence-corrected chi connectivity index (χ2v) is 8.15. The number of nitrogens with zero attached hydrogens (tertiary/aromatic N) is 1. The third kappa shape index (κ3) is 6.57. The van der Waals surface area contributed by atoms with Crippen molar-refractivity contribution in [1.29, 1.82) is 0 Å². The van der Waals surface area contributed by atoms with Crippen molar-refractivity contribution in [2.45, 2.75) is 45.1 Å². The molecule has 1 aliphatic carbocycles. The van der Waals surface area contributed by atoms with E-state index in [0.717, 1.165) is 37.7 Å². The van der Waals surface area contributed by atoms with E-state index in [1.165, 1.54) is 0 Å². The second kappa shape index (κ2) is 11.3. The van der Waals surface area contributed by atoms with Gasteiger partial charge in [-0.1, -0.05) is 37.5 Å². The average molecular weight is 438 g/mol. The molecule has 3 amide bonds. The maximum Gasteiger partial charge on any atom is 0.254 e. The summed E-state index contributed by atoms with van der Waals surface area (Å²) in [5.74, 6) is -0.273. The van der Waals surface area contributed by atoms with Crippen LogP contribution in [0.2, 0.25) is 0 Å². The van der Waals surface area contributed by atoms with Crippen LogP contribution in [-0.2, 0) is 9.59 Å². The quantitative estimate of drug-likeness (QED) is 0.661. The number of aryl methyl sites for hydroxylation is 1. The number of benzene rings is 2. The molecule has 0 spiro atoms. The van der Waals surface area contributed by atoms with Crippen LogP contribution in [0.15, 0.2) is 48.5 Å². The number of carbonyl (C=O) groups excluding carboxylic acids is 3. The summed E-state index contributed by atoms with van der Waals surface area (Å²) in [5, 5.41) is 5.41. The molecule has 0 saturated heterocycles. The van der Waals surface area contributed by atoms with Gasteiger partial charge < -0.3 is 20.3 Å². The Morgan fingerprint density at radius 1 is 1.00 bits per heavy atom. The van der Waals surface area contributed by atoms with E-state index < -0.39 is 0 Å². The predicted octanol–water partition coefficient (Wildman–Crippen LogP) is 3.53. The summed E-state index contributed by atoms with van der Waals surface area (Å²) in [6.07, 6.45) is 4.96. The highest BCUT2D eigenvalue weighted by Gasteiger charge is 2.28. The number of methoxy groups -OCH3 is 1. The topological polar surface area (TPSA) is 87.7 Å². The van der Waals surface area contributed by atoms with Gasteiger partial charge in [0, 0.05) is 17.3 Å². The van der Waals surface area contributed by atoms with Gasteiger partial charge in [-0.15, -0.1) is 0 Å². The average Bonchev–Trinajstić information content (AvgIpc) is 2.81. The molecule has 7 heteroatoms. The van der Waals surface area contributed by atoms with Gasteiger partial charge >= 0.3 is 0 Å². The molecule has 1 saturated carbocycles. The van der Waals surface area contributed by atoms with E-state index in [4.69, 9.17) is 4.74 Å². The Hall–Kier alpha value is -3.35. The van der Waals surface area contributed by atoms with Gasteiger partial charge in [0.05, 0.1) is 13.7 Å². The first-order valence-electron chi connectivity index (χ1n) is 11.0. The summed E-state index contributed by atoms with van der Waals surface area (Å²) >= 11 is 0. The van der Waals surface area contributed by atoms with E-state index in [2.05, 4.69) is 10.6 Å². The summed E-state index contributed by atoms with van der Waals surface area (Å²) in [5.41, 5.74) is 2.20. The molecule has 0 unspecified atom stereocenters. The maximum absolute atomic E-state index is 13.3. The molecular weight excluding hydrogens is 406 g/mol. The van der Waals surface area contributed by atoms with Crippen LogP contribution in [0.3, 0.4) is 0 Å². The van der Waals surface area contributed by atoms with Crippen molar-refractivity contribution in [2.24, 2.45) is 0 Å². The van der Waals surface area contributed by atoms with E-state index in [1.807, 2.05) is 25.1 Å². The highest BCUT2D eigenvalue weighted by molar-refractivity contribution is 5.98. The van der Waals surface area contributed by atoms with E-state index in [0.29, 0.717) is 17.0 Å². The van der Waals surface area contributed by atoms with Gasteiger partial charge in [0.1, 0.15) is 12.3 Å². The Morgan fingerprint density at radius 2 is 1.75 bits per heavy atom. The molecule has 0 bridgehead atoms. The minimum atomic E-state index is -0.355. The number of anilines is 1. The van der Waals surface area contributed by atoms with Crippen LogP contribution in [0.5, 0.6) is 5.75 Å². The van der Waals surface area contributed by atoms with Gasteiger partial charge in [0.2, 0.25) is 11.8 Å². The van der Waals surface area contributed by atoms with Crippen molar-refractivity contribution in [2.75, 3.05) is 25.5 Å². The lowest BCUT2D eigenvalue weighted by Gasteiger charge is -2.34. The molecule has 3 rings (SSSR count). The van der Waals surface area contributed by atoms with E-state index in [-0.39, 0.29) is 36.9 Å². The summed E-state index contributed by atoms with van der Waals surface area (Å²) < 4.78 is 5.24. The van der Waals surface area contributed by atoms with Gasteiger partial charge in [-0.25, -0.2) is 0 Å². The normalized spacial score (nSPS) is 13.8. The van der Waals surface area contributed by atoms with Crippen LogP contribution in [0.25, 0.3) is 0 Å². The van der Waals surface area contributed by atoms with E-state index in [9.17, 15) is 14.4 Å². The van der Waals surface area contributed by atoms with Crippen LogP contribution in [0, 0.1) is 6.92 Å². The van der Waals surface area contributed by atoms with Gasteiger partial charge in [0.25, 0.3) is 5.91 Å². The van der Waals surface area contributed by atoms with Gasteiger partial charge in [-0.2, -0.15) is 0 Å². The molecule has 0 atom stereocenters. The highest BCUT2D eigenvalue weighted by Crippen LogP contribution is 2.25. The van der Waals surface area contributed by atoms with Gasteiger partial charge in [0.15, 0.2) is 0 Å². The zero-order valence-corrected chi connectivity index (χ0v) is 18.7. The van der Waals surface area contributed by atoms with Gasteiger partial charge in [-0.05, 0) is 55.7 Å². The number of hydrogen-bond acceptors (Lipinski definition) is 4. The zero-order valence-electron chi connectivity index (χ0n) is 18.7. The molecule has 32 heavy (non-hydrogen) atoms. The predicted molar refractivity (Wildman–Crippen MR) is 124 cm³/mol. The van der Waals surface area contributed by atoms with Crippen LogP contribution in [-0.4, -0.2) is 48.9 Å². The molecule has 1 fully saturated rings. The fourth-order valence-electron chi connectivity index (χ4n) is 4.00. The number of rotatable bonds is 8. The van der Waals surface area contributed by atoms with Crippen molar-refractivity contribution in [3.8, 4) is 5.75 Å². The summed E-state index contributed by atoms with van der Waals surface area (Å²) in [4.78, 5) is 39.8. The molecule has 7 nitrogen and oxygen atoms in total. The minimum Gasteiger partial charge on any atom is -0.497 e. The maximum atomic E-state index is 13.3. The lowest BCUT2D eigenvalue weighted by Crippen LogP contribution is -2.48. The van der Waals surface area contributed by atoms with Crippen LogP contribution in [0.4, 0.5) is 5.69 Å². The SMILES string of the molecule is COc1cccc(C(=O)N(CC(=O)NCC(=O)Nc2cccc(C)c2)C2CCCCC2)c1. The number of ether oxygens (including phenoxy) is 1. The van der Waals surface area contributed by atoms with Crippen LogP contribution >= 0.6 is 0 Å². The Morgan fingerprint density at radius 3 is 2.47 bits per heavy atom. The van der Waals surface area contributed by atoms with Crippen molar-refractivity contribution >= 4 is 23.4 Å². The number of carbonyl (C=O) groups is 3. The minimum absolute atomic E-state index is 0.00863. The lowest BCUT2D eigenvalue weighted by atomic mass is 9.93. The number of hydrogen-bond donors (Lipinski definition) is 2. The Bertz CT molecular complexity index is 954. The fourth-order valence-corrected chi connectivity index (χ4v) is 4.00. The first kappa shape index (κ1) is 23.3. The van der Waals surface area contributed by atoms with E-state index >= 15 is 0 Å². The molecule has 0 aliphatic heterocycles. The molecule has 170 valence electrons. The molecule has 0 aromatic heterocycles. The molecule has 2 aromatic carbocycles. The monoisotopic (exact) mass is 437 g/mol. The van der Waals surface area contributed by atoms with Crippen LogP contribution < -0.4 is 15.4 Å². The molecular formula is C25H31N3O4. The standard InChI is InChI=1S/C25H31N3O4/c1-18-8-6-10-20(14-18)27-23(29)16-26-24(30)17-28(21-11-4-3-5-12-21)25(31)19-9-7-13-22(15-19)32-2/h6-10,13-15,21H,3-5,11-12,16-17H2,1-2H3,(H,26,30)(H,27,29). The van der Waals surface area contributed by atoms with Gasteiger partial charge in [-0.3, -0.25) is 14.4 Å². The first-order chi connectivity index (χ1) is 15.5. The molecule has 1 aliphatic rings. The molecule has 2 N–H and O–H groups in total. The van der Waals surface area contributed by atoms with Crippen molar-refractivity contribution < 1.29 is 19.1 Å².